The van der Waals surface area contributed by atoms with Crippen LogP contribution in [0.5, 0.6) is 0 Å². The summed E-state index contributed by atoms with van der Waals surface area (Å²) in [5.74, 6) is -0.404. The van der Waals surface area contributed by atoms with Crippen molar-refractivity contribution in [3.63, 3.8) is 0 Å². The van der Waals surface area contributed by atoms with Crippen molar-refractivity contribution in [1.29, 1.82) is 0 Å². The van der Waals surface area contributed by atoms with Crippen molar-refractivity contribution in [3.8, 4) is 0 Å². The average Bonchev–Trinajstić information content (AvgIpc) is 2.67. The van der Waals surface area contributed by atoms with Crippen LogP contribution in [0.4, 0.5) is 4.79 Å². The van der Waals surface area contributed by atoms with Crippen molar-refractivity contribution in [2.45, 2.75) is 110 Å². The van der Waals surface area contributed by atoms with E-state index < -0.39 is 12.1 Å². The van der Waals surface area contributed by atoms with Gasteiger partial charge in [-0.3, -0.25) is 4.79 Å². The summed E-state index contributed by atoms with van der Waals surface area (Å²) in [6, 6.07) is 0. The van der Waals surface area contributed by atoms with Crippen LogP contribution >= 0.6 is 0 Å². The number of hydrogen-bond acceptors (Lipinski definition) is 4. The van der Waals surface area contributed by atoms with E-state index in [4.69, 9.17) is 9.47 Å². The minimum absolute atomic E-state index is 0.124. The molecule has 160 valence electrons. The standard InChI is InChI=1S/C22H43NO4/c1-3-5-6-7-8-9-10-11-12-13-14-15-16-17-19-26-21(24)20-23-22(25)27-18-4-2/h3-20H2,1-2H3,(H,23,25). The number of hydrogen-bond donors (Lipinski definition) is 1. The maximum absolute atomic E-state index is 11.5. The third-order valence-electron chi connectivity index (χ3n) is 4.58. The molecule has 0 aromatic rings. The Balaban J connectivity index is 3.20. The summed E-state index contributed by atoms with van der Waals surface area (Å²) in [7, 11) is 0. The highest BCUT2D eigenvalue weighted by atomic mass is 16.6. The van der Waals surface area contributed by atoms with Gasteiger partial charge in [-0.25, -0.2) is 4.79 Å². The lowest BCUT2D eigenvalue weighted by Gasteiger charge is -2.07. The smallest absolute Gasteiger partial charge is 0.407 e. The molecule has 27 heavy (non-hydrogen) atoms. The van der Waals surface area contributed by atoms with Gasteiger partial charge < -0.3 is 14.8 Å². The molecule has 0 spiro atoms. The van der Waals surface area contributed by atoms with Gasteiger partial charge in [-0.05, 0) is 12.8 Å². The highest BCUT2D eigenvalue weighted by molar-refractivity contribution is 5.77. The second-order valence-electron chi connectivity index (χ2n) is 7.31. The lowest BCUT2D eigenvalue weighted by atomic mass is 10.0. The van der Waals surface area contributed by atoms with E-state index >= 15 is 0 Å². The summed E-state index contributed by atoms with van der Waals surface area (Å²) in [6.07, 6.45) is 18.5. The molecular formula is C22H43NO4. The average molecular weight is 386 g/mol. The predicted octanol–water partition coefficient (Wildman–Crippen LogP) is 6.15. The van der Waals surface area contributed by atoms with E-state index in [1.165, 1.54) is 77.0 Å². The summed E-state index contributed by atoms with van der Waals surface area (Å²) in [4.78, 5) is 22.6. The van der Waals surface area contributed by atoms with E-state index in [0.717, 1.165) is 19.3 Å². The minimum Gasteiger partial charge on any atom is -0.464 e. The third-order valence-corrected chi connectivity index (χ3v) is 4.58. The summed E-state index contributed by atoms with van der Waals surface area (Å²) >= 11 is 0. The van der Waals surface area contributed by atoms with Gasteiger partial charge in [0.2, 0.25) is 0 Å². The topological polar surface area (TPSA) is 64.6 Å². The zero-order valence-electron chi connectivity index (χ0n) is 17.9. The molecule has 0 atom stereocenters. The Kier molecular flexibility index (Phi) is 20.1. The highest BCUT2D eigenvalue weighted by Crippen LogP contribution is 2.12. The predicted molar refractivity (Wildman–Crippen MR) is 111 cm³/mol. The fourth-order valence-corrected chi connectivity index (χ4v) is 2.92. The molecule has 0 aromatic carbocycles. The van der Waals surface area contributed by atoms with E-state index in [-0.39, 0.29) is 6.54 Å². The number of nitrogens with one attached hydrogen (secondary N) is 1. The van der Waals surface area contributed by atoms with Crippen LogP contribution in [0.15, 0.2) is 0 Å². The van der Waals surface area contributed by atoms with Crippen LogP contribution in [-0.2, 0) is 14.3 Å². The van der Waals surface area contributed by atoms with Crippen molar-refractivity contribution in [1.82, 2.24) is 5.32 Å². The first-order valence-electron chi connectivity index (χ1n) is 11.3. The molecule has 0 aromatic heterocycles. The molecule has 0 bridgehead atoms. The second kappa shape index (κ2) is 21.0. The van der Waals surface area contributed by atoms with Crippen molar-refractivity contribution in [3.05, 3.63) is 0 Å². The van der Waals surface area contributed by atoms with Crippen LogP contribution in [0.3, 0.4) is 0 Å². The number of unbranched alkanes of at least 4 members (excludes halogenated alkanes) is 13. The van der Waals surface area contributed by atoms with Gasteiger partial charge in [0.1, 0.15) is 6.54 Å². The minimum atomic E-state index is -0.565. The first-order valence-corrected chi connectivity index (χ1v) is 11.3. The molecular weight excluding hydrogens is 342 g/mol. The van der Waals surface area contributed by atoms with Gasteiger partial charge >= 0.3 is 12.1 Å². The summed E-state index contributed by atoms with van der Waals surface area (Å²) in [5, 5.41) is 2.38. The molecule has 0 aliphatic carbocycles. The van der Waals surface area contributed by atoms with Gasteiger partial charge in [-0.2, -0.15) is 0 Å². The molecule has 1 N–H and O–H groups in total. The van der Waals surface area contributed by atoms with Crippen LogP contribution in [0, 0.1) is 0 Å². The Bertz CT molecular complexity index is 347. The second-order valence-corrected chi connectivity index (χ2v) is 7.31. The van der Waals surface area contributed by atoms with Gasteiger partial charge in [0.05, 0.1) is 13.2 Å². The molecule has 0 saturated heterocycles. The Labute approximate surface area is 167 Å². The fourth-order valence-electron chi connectivity index (χ4n) is 2.92. The summed E-state index contributed by atoms with van der Waals surface area (Å²) in [6.45, 7) is 4.85. The van der Waals surface area contributed by atoms with Crippen LogP contribution in [0.2, 0.25) is 0 Å². The van der Waals surface area contributed by atoms with E-state index in [0.29, 0.717) is 13.2 Å². The Morgan fingerprint density at radius 3 is 1.56 bits per heavy atom. The van der Waals surface area contributed by atoms with Gasteiger partial charge in [0, 0.05) is 0 Å². The largest absolute Gasteiger partial charge is 0.464 e. The SMILES string of the molecule is CCCCCCCCCCCCCCCCOC(=O)CNC(=O)OCCC. The lowest BCUT2D eigenvalue weighted by molar-refractivity contribution is -0.142. The number of carbonyl (C=O) groups is 2. The molecule has 0 heterocycles. The molecule has 0 unspecified atom stereocenters. The van der Waals surface area contributed by atoms with E-state index in [1.54, 1.807) is 0 Å². The van der Waals surface area contributed by atoms with Crippen LogP contribution < -0.4 is 5.32 Å². The number of carbonyl (C=O) groups excluding carboxylic acids is 2. The molecule has 0 aliphatic rings. The quantitative estimate of drug-likeness (QED) is 0.214. The summed E-state index contributed by atoms with van der Waals surface area (Å²) < 4.78 is 9.91. The van der Waals surface area contributed by atoms with Gasteiger partial charge in [0.25, 0.3) is 0 Å². The highest BCUT2D eigenvalue weighted by Gasteiger charge is 2.06. The molecule has 0 fully saturated rings. The Hall–Kier alpha value is -1.26. The Morgan fingerprint density at radius 2 is 1.07 bits per heavy atom. The number of rotatable bonds is 19. The molecule has 0 aliphatic heterocycles. The van der Waals surface area contributed by atoms with Crippen molar-refractivity contribution < 1.29 is 19.1 Å². The molecule has 5 nitrogen and oxygen atoms in total. The van der Waals surface area contributed by atoms with Crippen LogP contribution in [0.1, 0.15) is 110 Å². The molecule has 1 amide bonds. The maximum Gasteiger partial charge on any atom is 0.407 e. The third kappa shape index (κ3) is 20.9. The molecule has 0 radical (unpaired) electrons. The number of alkyl carbamates (subject to hydrolysis) is 1. The molecule has 0 rings (SSSR count). The van der Waals surface area contributed by atoms with Crippen molar-refractivity contribution >= 4 is 12.1 Å². The van der Waals surface area contributed by atoms with Gasteiger partial charge in [-0.15, -0.1) is 0 Å². The number of esters is 1. The Morgan fingerprint density at radius 1 is 0.593 bits per heavy atom. The van der Waals surface area contributed by atoms with Crippen molar-refractivity contribution in [2.75, 3.05) is 19.8 Å². The van der Waals surface area contributed by atoms with Gasteiger partial charge in [-0.1, -0.05) is 97.3 Å². The molecule has 0 saturated carbocycles. The first-order chi connectivity index (χ1) is 13.2. The zero-order valence-corrected chi connectivity index (χ0v) is 17.9. The maximum atomic E-state index is 11.5. The normalized spacial score (nSPS) is 10.6. The fraction of sp³-hybridized carbons (Fsp3) is 0.909. The summed E-state index contributed by atoms with van der Waals surface area (Å²) in [5.41, 5.74) is 0. The van der Waals surface area contributed by atoms with E-state index in [1.807, 2.05) is 6.92 Å². The van der Waals surface area contributed by atoms with Crippen LogP contribution in [-0.4, -0.2) is 31.8 Å². The number of ether oxygens (including phenoxy) is 2. The lowest BCUT2D eigenvalue weighted by Crippen LogP contribution is -2.31. The van der Waals surface area contributed by atoms with Crippen LogP contribution in [0.25, 0.3) is 0 Å². The van der Waals surface area contributed by atoms with E-state index in [9.17, 15) is 9.59 Å². The monoisotopic (exact) mass is 385 g/mol. The van der Waals surface area contributed by atoms with E-state index in [2.05, 4.69) is 12.2 Å². The van der Waals surface area contributed by atoms with Gasteiger partial charge in [0.15, 0.2) is 0 Å². The first kappa shape index (κ1) is 25.7. The number of amides is 1. The van der Waals surface area contributed by atoms with Crippen molar-refractivity contribution in [2.24, 2.45) is 0 Å². The molecule has 5 heteroatoms. The zero-order chi connectivity index (χ0) is 20.0.